The molecule has 94 valence electrons. The van der Waals surface area contributed by atoms with Gasteiger partial charge in [0, 0.05) is 15.8 Å². The van der Waals surface area contributed by atoms with Crippen LogP contribution < -0.4 is 4.74 Å². The monoisotopic (exact) mass is 262 g/mol. The average molecular weight is 262 g/mol. The number of hydrogen-bond acceptors (Lipinski definition) is 3. The highest BCUT2D eigenvalue weighted by atomic mass is 32.1. The molecule has 0 unspecified atom stereocenters. The molecular formula is C14H14O3S. The van der Waals surface area contributed by atoms with E-state index in [1.807, 2.05) is 32.0 Å². The molecule has 0 saturated carbocycles. The van der Waals surface area contributed by atoms with E-state index in [1.54, 1.807) is 12.5 Å². The van der Waals surface area contributed by atoms with Crippen molar-refractivity contribution in [2.45, 2.75) is 13.8 Å². The second-order valence-corrected chi connectivity index (χ2v) is 5.15. The van der Waals surface area contributed by atoms with Crippen molar-refractivity contribution >= 4 is 17.3 Å². The van der Waals surface area contributed by atoms with Crippen LogP contribution in [0.15, 0.2) is 23.6 Å². The maximum absolute atomic E-state index is 11.2. The summed E-state index contributed by atoms with van der Waals surface area (Å²) in [6.07, 6.45) is 0. The average Bonchev–Trinajstić information content (AvgIpc) is 2.71. The van der Waals surface area contributed by atoms with Crippen LogP contribution in [-0.2, 0) is 0 Å². The number of aryl methyl sites for hydroxylation is 2. The van der Waals surface area contributed by atoms with Crippen molar-refractivity contribution in [3.05, 3.63) is 39.6 Å². The van der Waals surface area contributed by atoms with Crippen LogP contribution in [0.25, 0.3) is 11.1 Å². The Bertz CT molecular complexity index is 599. The van der Waals surface area contributed by atoms with Crippen LogP contribution in [0.3, 0.4) is 0 Å². The van der Waals surface area contributed by atoms with E-state index in [9.17, 15) is 9.90 Å². The molecule has 0 fully saturated rings. The Morgan fingerprint density at radius 2 is 2.06 bits per heavy atom. The lowest BCUT2D eigenvalue weighted by molar-refractivity contribution is 0.0698. The van der Waals surface area contributed by atoms with E-state index in [-0.39, 0.29) is 0 Å². The molecule has 3 nitrogen and oxygen atoms in total. The maximum Gasteiger partial charge on any atom is 0.337 e. The first-order chi connectivity index (χ1) is 8.54. The predicted molar refractivity (Wildman–Crippen MR) is 72.7 cm³/mol. The number of methoxy groups -OCH3 is 1. The first-order valence-electron chi connectivity index (χ1n) is 5.51. The lowest BCUT2D eigenvalue weighted by Crippen LogP contribution is -1.97. The van der Waals surface area contributed by atoms with Crippen LogP contribution in [0.2, 0.25) is 0 Å². The smallest absolute Gasteiger partial charge is 0.337 e. The van der Waals surface area contributed by atoms with Gasteiger partial charge in [-0.25, -0.2) is 4.79 Å². The van der Waals surface area contributed by atoms with Crippen molar-refractivity contribution in [1.29, 1.82) is 0 Å². The molecule has 4 heteroatoms. The molecule has 1 N–H and O–H groups in total. The molecule has 18 heavy (non-hydrogen) atoms. The molecule has 1 heterocycles. The Morgan fingerprint density at radius 1 is 1.33 bits per heavy atom. The predicted octanol–water partition coefficient (Wildman–Crippen LogP) is 3.74. The lowest BCUT2D eigenvalue weighted by atomic mass is 10.00. The molecule has 2 rings (SSSR count). The van der Waals surface area contributed by atoms with Crippen LogP contribution in [-0.4, -0.2) is 18.2 Å². The summed E-state index contributed by atoms with van der Waals surface area (Å²) in [5, 5.41) is 10.9. The normalized spacial score (nSPS) is 10.4. The first-order valence-corrected chi connectivity index (χ1v) is 6.39. The highest BCUT2D eigenvalue weighted by Crippen LogP contribution is 2.34. The van der Waals surface area contributed by atoms with E-state index >= 15 is 0 Å². The van der Waals surface area contributed by atoms with Crippen molar-refractivity contribution in [3.63, 3.8) is 0 Å². The summed E-state index contributed by atoms with van der Waals surface area (Å²) in [5.74, 6) is -0.0775. The number of aromatic carboxylic acids is 1. The molecule has 1 aromatic heterocycles. The van der Waals surface area contributed by atoms with Gasteiger partial charge in [-0.3, -0.25) is 0 Å². The third-order valence-electron chi connectivity index (χ3n) is 2.89. The fourth-order valence-electron chi connectivity index (χ4n) is 2.00. The number of ether oxygens (including phenoxy) is 1. The molecule has 0 aliphatic heterocycles. The summed E-state index contributed by atoms with van der Waals surface area (Å²) in [6, 6.07) is 5.72. The SMILES string of the molecule is COc1ccc(-c2c(C(=O)O)csc2C)cc1C. The number of benzene rings is 1. The van der Waals surface area contributed by atoms with E-state index in [2.05, 4.69) is 0 Å². The van der Waals surface area contributed by atoms with Gasteiger partial charge >= 0.3 is 5.97 Å². The molecule has 0 saturated heterocycles. The summed E-state index contributed by atoms with van der Waals surface area (Å²) in [6.45, 7) is 3.89. The topological polar surface area (TPSA) is 46.5 Å². The molecule has 0 amide bonds. The molecule has 0 bridgehead atoms. The van der Waals surface area contributed by atoms with Crippen LogP contribution in [0.4, 0.5) is 0 Å². The van der Waals surface area contributed by atoms with Gasteiger partial charge in [0.25, 0.3) is 0 Å². The number of rotatable bonds is 3. The Hall–Kier alpha value is -1.81. The Morgan fingerprint density at radius 3 is 2.61 bits per heavy atom. The highest BCUT2D eigenvalue weighted by Gasteiger charge is 2.16. The zero-order chi connectivity index (χ0) is 13.3. The summed E-state index contributed by atoms with van der Waals surface area (Å²) < 4.78 is 5.21. The first kappa shape index (κ1) is 12.6. The number of carboxylic acid groups (broad SMARTS) is 1. The molecule has 0 spiro atoms. The fourth-order valence-corrected chi connectivity index (χ4v) is 2.86. The Kier molecular flexibility index (Phi) is 3.39. The minimum Gasteiger partial charge on any atom is -0.496 e. The van der Waals surface area contributed by atoms with E-state index in [1.165, 1.54) is 11.3 Å². The zero-order valence-electron chi connectivity index (χ0n) is 10.5. The van der Waals surface area contributed by atoms with Gasteiger partial charge in [0.2, 0.25) is 0 Å². The van der Waals surface area contributed by atoms with Crippen molar-refractivity contribution in [2.24, 2.45) is 0 Å². The highest BCUT2D eigenvalue weighted by molar-refractivity contribution is 7.10. The van der Waals surface area contributed by atoms with E-state index in [4.69, 9.17) is 4.74 Å². The Balaban J connectivity index is 2.58. The molecule has 0 aliphatic carbocycles. The summed E-state index contributed by atoms with van der Waals surface area (Å²) in [5.41, 5.74) is 3.08. The van der Waals surface area contributed by atoms with Crippen molar-refractivity contribution in [2.75, 3.05) is 7.11 Å². The van der Waals surface area contributed by atoms with Gasteiger partial charge in [-0.05, 0) is 37.1 Å². The van der Waals surface area contributed by atoms with Crippen LogP contribution >= 0.6 is 11.3 Å². The quantitative estimate of drug-likeness (QED) is 0.916. The van der Waals surface area contributed by atoms with Gasteiger partial charge in [0.15, 0.2) is 0 Å². The molecule has 1 aromatic carbocycles. The van der Waals surface area contributed by atoms with E-state index in [0.717, 1.165) is 27.3 Å². The summed E-state index contributed by atoms with van der Waals surface area (Å²) in [4.78, 5) is 12.2. The lowest BCUT2D eigenvalue weighted by Gasteiger charge is -2.08. The Labute approximate surface area is 110 Å². The van der Waals surface area contributed by atoms with Gasteiger partial charge < -0.3 is 9.84 Å². The molecule has 0 radical (unpaired) electrons. The van der Waals surface area contributed by atoms with Gasteiger partial charge in [-0.2, -0.15) is 0 Å². The van der Waals surface area contributed by atoms with Crippen LogP contribution in [0, 0.1) is 13.8 Å². The third-order valence-corrected chi connectivity index (χ3v) is 3.80. The minimum atomic E-state index is -0.886. The molecule has 2 aromatic rings. The van der Waals surface area contributed by atoms with Crippen molar-refractivity contribution < 1.29 is 14.6 Å². The summed E-state index contributed by atoms with van der Waals surface area (Å²) >= 11 is 1.46. The van der Waals surface area contributed by atoms with Gasteiger partial charge in [0.05, 0.1) is 12.7 Å². The van der Waals surface area contributed by atoms with E-state index in [0.29, 0.717) is 5.56 Å². The maximum atomic E-state index is 11.2. The summed E-state index contributed by atoms with van der Waals surface area (Å²) in [7, 11) is 1.63. The van der Waals surface area contributed by atoms with Crippen LogP contribution in [0.5, 0.6) is 5.75 Å². The standard InChI is InChI=1S/C14H14O3S/c1-8-6-10(4-5-12(8)17-3)13-9(2)18-7-11(13)14(15)16/h4-7H,1-3H3,(H,15,16). The van der Waals surface area contributed by atoms with Gasteiger partial charge in [-0.15, -0.1) is 11.3 Å². The molecule has 0 aliphatic rings. The third kappa shape index (κ3) is 2.11. The largest absolute Gasteiger partial charge is 0.496 e. The minimum absolute atomic E-state index is 0.363. The molecule has 0 atom stereocenters. The van der Waals surface area contributed by atoms with Crippen molar-refractivity contribution in [1.82, 2.24) is 0 Å². The van der Waals surface area contributed by atoms with Gasteiger partial charge in [-0.1, -0.05) is 6.07 Å². The number of hydrogen-bond donors (Lipinski definition) is 1. The number of carbonyl (C=O) groups is 1. The fraction of sp³-hybridized carbons (Fsp3) is 0.214. The van der Waals surface area contributed by atoms with Gasteiger partial charge in [0.1, 0.15) is 5.75 Å². The second-order valence-electron chi connectivity index (χ2n) is 4.07. The van der Waals surface area contributed by atoms with E-state index < -0.39 is 5.97 Å². The van der Waals surface area contributed by atoms with Crippen LogP contribution in [0.1, 0.15) is 20.8 Å². The zero-order valence-corrected chi connectivity index (χ0v) is 11.3. The second kappa shape index (κ2) is 4.82. The van der Waals surface area contributed by atoms with Crippen molar-refractivity contribution in [3.8, 4) is 16.9 Å². The number of thiophene rings is 1. The molecular weight excluding hydrogens is 248 g/mol. The number of carboxylic acids is 1.